The molecule has 2 nitrogen and oxygen atoms in total. The van der Waals surface area contributed by atoms with Gasteiger partial charge in [-0.15, -0.1) is 0 Å². The van der Waals surface area contributed by atoms with E-state index in [0.29, 0.717) is 0 Å². The van der Waals surface area contributed by atoms with Gasteiger partial charge in [0.2, 0.25) is 0 Å². The molecular weight excluding hydrogens is 174 g/mol. The molecule has 0 N–H and O–H groups in total. The van der Waals surface area contributed by atoms with Crippen molar-refractivity contribution < 1.29 is 4.84 Å². The second-order valence-electron chi connectivity index (χ2n) is 4.52. The van der Waals surface area contributed by atoms with Gasteiger partial charge in [-0.2, -0.15) is 0 Å². The summed E-state index contributed by atoms with van der Waals surface area (Å²) in [6, 6.07) is 0. The van der Waals surface area contributed by atoms with E-state index in [0.717, 1.165) is 37.7 Å². The highest BCUT2D eigenvalue weighted by Crippen LogP contribution is 2.26. The highest BCUT2D eigenvalue weighted by atomic mass is 16.6. The molecule has 0 aromatic carbocycles. The molecule has 1 saturated carbocycles. The largest absolute Gasteiger partial charge is 0.396 e. The van der Waals surface area contributed by atoms with E-state index in [1.807, 2.05) is 0 Å². The van der Waals surface area contributed by atoms with Gasteiger partial charge in [0.15, 0.2) is 0 Å². The third kappa shape index (κ3) is 3.69. The molecule has 0 heterocycles. The van der Waals surface area contributed by atoms with E-state index < -0.39 is 0 Å². The molecule has 1 fully saturated rings. The fraction of sp³-hybridized carbons (Fsp3) is 0.917. The smallest absolute Gasteiger partial charge is 0.116 e. The second-order valence-corrected chi connectivity index (χ2v) is 4.52. The first-order valence-electron chi connectivity index (χ1n) is 5.91. The highest BCUT2D eigenvalue weighted by Gasteiger charge is 2.18. The van der Waals surface area contributed by atoms with Crippen LogP contribution in [0.3, 0.4) is 0 Å². The van der Waals surface area contributed by atoms with E-state index >= 15 is 0 Å². The minimum atomic E-state index is 0.759. The van der Waals surface area contributed by atoms with Gasteiger partial charge in [-0.3, -0.25) is 0 Å². The topological polar surface area (TPSA) is 21.6 Å². The minimum absolute atomic E-state index is 0.759. The van der Waals surface area contributed by atoms with Crippen LogP contribution in [0.5, 0.6) is 0 Å². The second kappa shape index (κ2) is 6.05. The fourth-order valence-corrected chi connectivity index (χ4v) is 1.80. The van der Waals surface area contributed by atoms with Crippen LogP contribution in [-0.4, -0.2) is 12.3 Å². The first kappa shape index (κ1) is 11.5. The summed E-state index contributed by atoms with van der Waals surface area (Å²) >= 11 is 0. The third-order valence-corrected chi connectivity index (χ3v) is 3.24. The fourth-order valence-electron chi connectivity index (χ4n) is 1.80. The van der Waals surface area contributed by atoms with Crippen LogP contribution >= 0.6 is 0 Å². The molecule has 1 aliphatic carbocycles. The van der Waals surface area contributed by atoms with Gasteiger partial charge in [-0.1, -0.05) is 25.9 Å². The molecule has 2 atom stereocenters. The SMILES string of the molecule is CCCON=C1CCC(C)C(C)CC1. The normalized spacial score (nSPS) is 28.4. The van der Waals surface area contributed by atoms with E-state index in [2.05, 4.69) is 25.9 Å². The Morgan fingerprint density at radius 1 is 1.21 bits per heavy atom. The molecular formula is C12H23NO. The zero-order chi connectivity index (χ0) is 10.4. The Kier molecular flexibility index (Phi) is 4.99. The summed E-state index contributed by atoms with van der Waals surface area (Å²) in [5.41, 5.74) is 1.27. The summed E-state index contributed by atoms with van der Waals surface area (Å²) in [4.78, 5) is 5.24. The van der Waals surface area contributed by atoms with E-state index in [9.17, 15) is 0 Å². The molecule has 82 valence electrons. The monoisotopic (exact) mass is 197 g/mol. The van der Waals surface area contributed by atoms with Crippen molar-refractivity contribution in [2.75, 3.05) is 6.61 Å². The summed E-state index contributed by atoms with van der Waals surface area (Å²) in [6.45, 7) is 7.56. The van der Waals surface area contributed by atoms with Gasteiger partial charge in [0.05, 0.1) is 5.71 Å². The van der Waals surface area contributed by atoms with E-state index in [1.54, 1.807) is 0 Å². The Labute approximate surface area is 87.7 Å². The maximum atomic E-state index is 5.24. The standard InChI is InChI=1S/C12H23NO/c1-4-9-14-13-12-7-5-10(2)11(3)6-8-12/h10-11H,4-9H2,1-3H3. The lowest BCUT2D eigenvalue weighted by Crippen LogP contribution is -2.04. The zero-order valence-electron chi connectivity index (χ0n) is 9.75. The van der Waals surface area contributed by atoms with Gasteiger partial charge in [-0.25, -0.2) is 0 Å². The van der Waals surface area contributed by atoms with E-state index in [1.165, 1.54) is 18.6 Å². The predicted octanol–water partition coefficient (Wildman–Crippen LogP) is 3.62. The zero-order valence-corrected chi connectivity index (χ0v) is 9.75. The average Bonchev–Trinajstić information content (AvgIpc) is 2.33. The van der Waals surface area contributed by atoms with Crippen LogP contribution in [0.25, 0.3) is 0 Å². The van der Waals surface area contributed by atoms with E-state index in [4.69, 9.17) is 4.84 Å². The minimum Gasteiger partial charge on any atom is -0.396 e. The molecule has 0 radical (unpaired) electrons. The maximum absolute atomic E-state index is 5.24. The first-order chi connectivity index (χ1) is 6.74. The summed E-state index contributed by atoms with van der Waals surface area (Å²) in [5, 5.41) is 4.22. The molecule has 0 aliphatic heterocycles. The van der Waals surface area contributed by atoms with Gasteiger partial charge in [0, 0.05) is 0 Å². The molecule has 0 saturated heterocycles. The lowest BCUT2D eigenvalue weighted by Gasteiger charge is -2.14. The number of nitrogens with zero attached hydrogens (tertiary/aromatic N) is 1. The van der Waals surface area contributed by atoms with Crippen LogP contribution in [-0.2, 0) is 4.84 Å². The van der Waals surface area contributed by atoms with Crippen molar-refractivity contribution in [1.29, 1.82) is 0 Å². The number of rotatable bonds is 3. The van der Waals surface area contributed by atoms with Gasteiger partial charge < -0.3 is 4.84 Å². The third-order valence-electron chi connectivity index (χ3n) is 3.24. The molecule has 0 aromatic rings. The van der Waals surface area contributed by atoms with Crippen molar-refractivity contribution in [3.8, 4) is 0 Å². The van der Waals surface area contributed by atoms with Crippen molar-refractivity contribution >= 4 is 5.71 Å². The Bertz CT molecular complexity index is 175. The van der Waals surface area contributed by atoms with Crippen molar-refractivity contribution in [1.82, 2.24) is 0 Å². The summed E-state index contributed by atoms with van der Waals surface area (Å²) in [7, 11) is 0. The van der Waals surface area contributed by atoms with Crippen LogP contribution < -0.4 is 0 Å². The van der Waals surface area contributed by atoms with Crippen molar-refractivity contribution in [3.05, 3.63) is 0 Å². The molecule has 1 aliphatic rings. The Hall–Kier alpha value is -0.530. The van der Waals surface area contributed by atoms with E-state index in [-0.39, 0.29) is 0 Å². The summed E-state index contributed by atoms with van der Waals surface area (Å²) in [6.07, 6.45) is 5.86. The summed E-state index contributed by atoms with van der Waals surface area (Å²) in [5.74, 6) is 1.68. The molecule has 0 amide bonds. The molecule has 0 aromatic heterocycles. The molecule has 2 heteroatoms. The molecule has 2 unspecified atom stereocenters. The van der Waals surface area contributed by atoms with Crippen molar-refractivity contribution in [2.45, 2.75) is 52.9 Å². The first-order valence-corrected chi connectivity index (χ1v) is 5.91. The Morgan fingerprint density at radius 3 is 2.29 bits per heavy atom. The van der Waals surface area contributed by atoms with Gasteiger partial charge in [0.1, 0.15) is 6.61 Å². The van der Waals surface area contributed by atoms with Crippen LogP contribution in [0.4, 0.5) is 0 Å². The number of oxime groups is 1. The molecule has 1 rings (SSSR count). The van der Waals surface area contributed by atoms with Crippen molar-refractivity contribution in [2.24, 2.45) is 17.0 Å². The maximum Gasteiger partial charge on any atom is 0.116 e. The van der Waals surface area contributed by atoms with Crippen molar-refractivity contribution in [3.63, 3.8) is 0 Å². The molecule has 0 spiro atoms. The number of hydrogen-bond donors (Lipinski definition) is 0. The highest BCUT2D eigenvalue weighted by molar-refractivity contribution is 5.84. The lowest BCUT2D eigenvalue weighted by atomic mass is 9.92. The lowest BCUT2D eigenvalue weighted by molar-refractivity contribution is 0.143. The molecule has 0 bridgehead atoms. The summed E-state index contributed by atoms with van der Waals surface area (Å²) < 4.78 is 0. The van der Waals surface area contributed by atoms with Crippen LogP contribution in [0.1, 0.15) is 52.9 Å². The molecule has 14 heavy (non-hydrogen) atoms. The Balaban J connectivity index is 2.37. The Morgan fingerprint density at radius 2 is 1.79 bits per heavy atom. The van der Waals surface area contributed by atoms with Crippen LogP contribution in [0, 0.1) is 11.8 Å². The predicted molar refractivity (Wildman–Crippen MR) is 60.5 cm³/mol. The number of hydrogen-bond acceptors (Lipinski definition) is 2. The van der Waals surface area contributed by atoms with Gasteiger partial charge in [-0.05, 0) is 43.9 Å². The van der Waals surface area contributed by atoms with Crippen LogP contribution in [0.2, 0.25) is 0 Å². The van der Waals surface area contributed by atoms with Crippen LogP contribution in [0.15, 0.2) is 5.16 Å². The quantitative estimate of drug-likeness (QED) is 0.385. The average molecular weight is 197 g/mol. The van der Waals surface area contributed by atoms with Gasteiger partial charge >= 0.3 is 0 Å². The van der Waals surface area contributed by atoms with Gasteiger partial charge in [0.25, 0.3) is 0 Å².